The predicted molar refractivity (Wildman–Crippen MR) is 134 cm³/mol. The summed E-state index contributed by atoms with van der Waals surface area (Å²) in [5, 5.41) is 2.93. The van der Waals surface area contributed by atoms with Crippen LogP contribution in [0.1, 0.15) is 24.2 Å². The molecule has 36 heavy (non-hydrogen) atoms. The number of fused-ring (bicyclic) bond motifs is 2. The minimum absolute atomic E-state index is 0.0213. The van der Waals surface area contributed by atoms with Crippen molar-refractivity contribution in [2.24, 2.45) is 4.99 Å². The third kappa shape index (κ3) is 4.39. The molecule has 0 unspecified atom stereocenters. The highest BCUT2D eigenvalue weighted by Gasteiger charge is 2.31. The number of aldehydes is 1. The van der Waals surface area contributed by atoms with Gasteiger partial charge in [-0.2, -0.15) is 16.8 Å². The zero-order valence-electron chi connectivity index (χ0n) is 19.2. The second-order valence-electron chi connectivity index (χ2n) is 7.75. The lowest BCUT2D eigenvalue weighted by Crippen LogP contribution is -2.18. The number of anilines is 1. The summed E-state index contributed by atoms with van der Waals surface area (Å²) in [6.45, 7) is 3.87. The van der Waals surface area contributed by atoms with Crippen molar-refractivity contribution >= 4 is 43.2 Å². The number of carbonyl (C=O) groups excluding carboxylic acids is 1. The maximum Gasteiger partial charge on any atom is 0.300 e. The predicted octanol–water partition coefficient (Wildman–Crippen LogP) is 3.86. The third-order valence-corrected chi connectivity index (χ3v) is 7.35. The van der Waals surface area contributed by atoms with Crippen LogP contribution in [-0.4, -0.2) is 45.3 Å². The largest absolute Gasteiger partial charge is 0.453 e. The zero-order chi connectivity index (χ0) is 26.3. The Morgan fingerprint density at radius 2 is 1.61 bits per heavy atom. The van der Waals surface area contributed by atoms with Crippen LogP contribution in [0.25, 0.3) is 33.4 Å². The summed E-state index contributed by atoms with van der Waals surface area (Å²) in [6, 6.07) is 12.3. The molecule has 4 rings (SSSR count). The molecule has 0 atom stereocenters. The highest BCUT2D eigenvalue weighted by atomic mass is 32.2. The topological polar surface area (TPSA) is 163 Å². The number of benzene rings is 3. The second kappa shape index (κ2) is 9.47. The molecule has 2 aromatic carbocycles. The van der Waals surface area contributed by atoms with Crippen molar-refractivity contribution in [3.05, 3.63) is 59.5 Å². The quantitative estimate of drug-likeness (QED) is 0.183. The van der Waals surface area contributed by atoms with Gasteiger partial charge >= 0.3 is 0 Å². The van der Waals surface area contributed by atoms with E-state index in [0.29, 0.717) is 18.4 Å². The van der Waals surface area contributed by atoms with Crippen LogP contribution in [0, 0.1) is 0 Å². The lowest BCUT2D eigenvalue weighted by atomic mass is 9.91. The highest BCUT2D eigenvalue weighted by Crippen LogP contribution is 2.45. The van der Waals surface area contributed by atoms with Gasteiger partial charge in [0.05, 0.1) is 11.0 Å². The summed E-state index contributed by atoms with van der Waals surface area (Å²) < 4.78 is 76.2. The second-order valence-corrected chi connectivity index (χ2v) is 10.5. The van der Waals surface area contributed by atoms with E-state index in [9.17, 15) is 30.7 Å². The summed E-state index contributed by atoms with van der Waals surface area (Å²) in [6.07, 6.45) is 0.609. The van der Waals surface area contributed by atoms with Crippen LogP contribution in [0.4, 0.5) is 5.69 Å². The lowest BCUT2D eigenvalue weighted by Gasteiger charge is -2.20. The van der Waals surface area contributed by atoms with E-state index >= 15 is 0 Å². The van der Waals surface area contributed by atoms with E-state index in [-0.39, 0.29) is 51.0 Å². The van der Waals surface area contributed by atoms with Crippen molar-refractivity contribution < 1.29 is 35.2 Å². The number of carbonyl (C=O) groups is 1. The SMILES string of the molecule is CCN=c1ccc2c(-c3ccccc3C=O)c3ccc(NCC)c(S(=O)(=O)O)c3oc-2c1S(=O)(=O)O. The van der Waals surface area contributed by atoms with E-state index in [2.05, 4.69) is 10.3 Å². The monoisotopic (exact) mass is 530 g/mol. The van der Waals surface area contributed by atoms with Gasteiger partial charge in [-0.1, -0.05) is 24.3 Å². The van der Waals surface area contributed by atoms with Crippen LogP contribution < -0.4 is 10.7 Å². The van der Waals surface area contributed by atoms with Gasteiger partial charge in [0.1, 0.15) is 0 Å². The van der Waals surface area contributed by atoms with Crippen LogP contribution >= 0.6 is 0 Å². The van der Waals surface area contributed by atoms with Gasteiger partial charge in [-0.25, -0.2) is 0 Å². The normalized spacial score (nSPS) is 12.8. The molecule has 1 aliphatic heterocycles. The van der Waals surface area contributed by atoms with Gasteiger partial charge in [0.25, 0.3) is 20.2 Å². The molecule has 0 bridgehead atoms. The molecule has 2 aromatic rings. The van der Waals surface area contributed by atoms with Gasteiger partial charge < -0.3 is 9.73 Å². The molecular weight excluding hydrogens is 508 g/mol. The molecule has 0 radical (unpaired) electrons. The molecule has 2 aliphatic rings. The van der Waals surface area contributed by atoms with Gasteiger partial charge in [-0.3, -0.25) is 18.9 Å². The maximum absolute atomic E-state index is 12.5. The van der Waals surface area contributed by atoms with Crippen molar-refractivity contribution in [1.29, 1.82) is 0 Å². The fourth-order valence-electron chi connectivity index (χ4n) is 4.21. The van der Waals surface area contributed by atoms with Crippen molar-refractivity contribution in [1.82, 2.24) is 0 Å². The average molecular weight is 531 g/mol. The Bertz CT molecular complexity index is 1760. The van der Waals surface area contributed by atoms with Gasteiger partial charge in [0.15, 0.2) is 27.4 Å². The molecule has 0 saturated carbocycles. The van der Waals surface area contributed by atoms with Gasteiger partial charge in [0.2, 0.25) is 0 Å². The summed E-state index contributed by atoms with van der Waals surface area (Å²) in [7, 11) is -9.81. The Labute approximate surface area is 207 Å². The molecule has 1 heterocycles. The minimum Gasteiger partial charge on any atom is -0.453 e. The Balaban J connectivity index is 2.40. The van der Waals surface area contributed by atoms with Crippen molar-refractivity contribution in [3.63, 3.8) is 0 Å². The van der Waals surface area contributed by atoms with Crippen molar-refractivity contribution in [3.8, 4) is 22.5 Å². The van der Waals surface area contributed by atoms with Gasteiger partial charge in [-0.05, 0) is 43.7 Å². The Morgan fingerprint density at radius 3 is 2.22 bits per heavy atom. The molecular formula is C24H22N2O8S2. The summed E-state index contributed by atoms with van der Waals surface area (Å²) in [5.74, 6) is -0.381. The van der Waals surface area contributed by atoms with Crippen LogP contribution in [-0.2, 0) is 20.2 Å². The number of hydrogen-bond acceptors (Lipinski definition) is 8. The fraction of sp³-hybridized carbons (Fsp3) is 0.167. The van der Waals surface area contributed by atoms with Crippen LogP contribution in [0.2, 0.25) is 0 Å². The molecule has 0 fully saturated rings. The van der Waals surface area contributed by atoms with E-state index in [1.807, 2.05) is 0 Å². The van der Waals surface area contributed by atoms with E-state index in [0.717, 1.165) is 0 Å². The fourth-order valence-corrected chi connectivity index (χ4v) is 5.79. The molecule has 0 aromatic heterocycles. The van der Waals surface area contributed by atoms with E-state index < -0.39 is 30.0 Å². The number of nitrogens with one attached hydrogen (secondary N) is 1. The molecule has 0 amide bonds. The first kappa shape index (κ1) is 25.5. The number of hydrogen-bond donors (Lipinski definition) is 3. The highest BCUT2D eigenvalue weighted by molar-refractivity contribution is 7.86. The Hall–Kier alpha value is -3.58. The molecule has 3 N–H and O–H groups in total. The van der Waals surface area contributed by atoms with Gasteiger partial charge in [0, 0.05) is 35.2 Å². The Morgan fingerprint density at radius 1 is 0.917 bits per heavy atom. The smallest absolute Gasteiger partial charge is 0.300 e. The molecule has 10 nitrogen and oxygen atoms in total. The van der Waals surface area contributed by atoms with Crippen LogP contribution in [0.3, 0.4) is 0 Å². The summed E-state index contributed by atoms with van der Waals surface area (Å²) in [4.78, 5) is 14.7. The molecule has 0 spiro atoms. The molecule has 1 aliphatic carbocycles. The van der Waals surface area contributed by atoms with Gasteiger partial charge in [-0.15, -0.1) is 0 Å². The average Bonchev–Trinajstić information content (AvgIpc) is 2.81. The standard InChI is InChI=1S/C24H22N2O8S2/c1-3-25-18-11-9-16-20(15-8-6-5-7-14(15)13-27)17-10-12-19(26-4-2)24(36(31,32)33)22(17)34-21(16)23(18)35(28,29)30/h5-13,25H,3-4H2,1-2H3,(H,28,29,30)(H,31,32,33). The number of rotatable bonds is 7. The van der Waals surface area contributed by atoms with Crippen molar-refractivity contribution in [2.45, 2.75) is 23.6 Å². The van der Waals surface area contributed by atoms with Crippen molar-refractivity contribution in [2.75, 3.05) is 18.4 Å². The minimum atomic E-state index is -4.92. The lowest BCUT2D eigenvalue weighted by molar-refractivity contribution is 0.112. The van der Waals surface area contributed by atoms with Crippen LogP contribution in [0.15, 0.2) is 67.7 Å². The zero-order valence-corrected chi connectivity index (χ0v) is 20.9. The molecule has 188 valence electrons. The van der Waals surface area contributed by atoms with E-state index in [1.165, 1.54) is 18.2 Å². The molecule has 0 saturated heterocycles. The van der Waals surface area contributed by atoms with E-state index in [4.69, 9.17) is 4.42 Å². The first-order valence-electron chi connectivity index (χ1n) is 10.8. The van der Waals surface area contributed by atoms with E-state index in [1.54, 1.807) is 44.2 Å². The summed E-state index contributed by atoms with van der Waals surface area (Å²) in [5.41, 5.74) is 0.709. The Kier molecular flexibility index (Phi) is 6.71. The molecule has 12 heteroatoms. The maximum atomic E-state index is 12.5. The van der Waals surface area contributed by atoms with Crippen LogP contribution in [0.5, 0.6) is 0 Å². The first-order valence-corrected chi connectivity index (χ1v) is 13.7. The number of nitrogens with zero attached hydrogens (tertiary/aromatic N) is 1. The first-order chi connectivity index (χ1) is 17.0. The third-order valence-electron chi connectivity index (χ3n) is 5.51. The summed E-state index contributed by atoms with van der Waals surface area (Å²) >= 11 is 0.